The van der Waals surface area contributed by atoms with Crippen molar-refractivity contribution in [2.24, 2.45) is 0 Å². The van der Waals surface area contributed by atoms with Gasteiger partial charge in [0.15, 0.2) is 11.2 Å². The molecule has 2 heterocycles. The SMILES string of the molecule is CC.CC.CC(NC(=O)C(C)(C)Oc1ccc(C(F)(F)F)cn1)C(Cc1ccccc1)c1ccccc1.Cc1ccc(CC(c2cccc(C)c2)C(C)NC(=O)C(C)(C)Oc2ccc(C(F)(F)F)cn2)cc1. The predicted octanol–water partition coefficient (Wildman–Crippen LogP) is 14.2. The molecule has 0 aliphatic carbocycles. The van der Waals surface area contributed by atoms with Gasteiger partial charge in [-0.05, 0) is 103 Å². The number of nitrogens with zero attached hydrogens (tertiary/aromatic N) is 2. The van der Waals surface area contributed by atoms with Crippen molar-refractivity contribution in [3.8, 4) is 11.8 Å². The third kappa shape index (κ3) is 18.5. The average molecular weight is 1000 g/mol. The molecular formula is C58H70F6N4O4. The highest BCUT2D eigenvalue weighted by Gasteiger charge is 2.36. The van der Waals surface area contributed by atoms with Crippen molar-refractivity contribution < 1.29 is 45.4 Å². The minimum absolute atomic E-state index is 0.00144. The van der Waals surface area contributed by atoms with Crippen LogP contribution in [0.2, 0.25) is 0 Å². The van der Waals surface area contributed by atoms with Gasteiger partial charge in [-0.1, -0.05) is 148 Å². The fourth-order valence-corrected chi connectivity index (χ4v) is 7.41. The molecule has 2 aromatic heterocycles. The summed E-state index contributed by atoms with van der Waals surface area (Å²) < 4.78 is 88.0. The van der Waals surface area contributed by atoms with Crippen LogP contribution in [0, 0.1) is 13.8 Å². The summed E-state index contributed by atoms with van der Waals surface area (Å²) in [5.41, 5.74) is 2.39. The molecule has 2 amide bonds. The lowest BCUT2D eigenvalue weighted by atomic mass is 9.85. The lowest BCUT2D eigenvalue weighted by Gasteiger charge is -2.31. The van der Waals surface area contributed by atoms with E-state index in [0.717, 1.165) is 64.9 Å². The van der Waals surface area contributed by atoms with Crippen LogP contribution in [-0.2, 0) is 34.8 Å². The number of carbonyl (C=O) groups excluding carboxylic acids is 2. The molecular weight excluding hydrogens is 931 g/mol. The minimum Gasteiger partial charge on any atom is -0.462 e. The molecule has 8 nitrogen and oxygen atoms in total. The Morgan fingerprint density at radius 3 is 1.28 bits per heavy atom. The maximum atomic E-state index is 13.2. The van der Waals surface area contributed by atoms with Crippen LogP contribution < -0.4 is 20.1 Å². The van der Waals surface area contributed by atoms with Crippen molar-refractivity contribution >= 4 is 11.8 Å². The zero-order valence-corrected chi connectivity index (χ0v) is 43.4. The summed E-state index contributed by atoms with van der Waals surface area (Å²) in [6.45, 7) is 22.2. The van der Waals surface area contributed by atoms with E-state index in [9.17, 15) is 35.9 Å². The van der Waals surface area contributed by atoms with Gasteiger partial charge in [0.25, 0.3) is 11.8 Å². The number of hydrogen-bond donors (Lipinski definition) is 2. The van der Waals surface area contributed by atoms with E-state index in [-0.39, 0.29) is 47.5 Å². The maximum Gasteiger partial charge on any atom is 0.417 e. The highest BCUT2D eigenvalue weighted by Crippen LogP contribution is 2.32. The van der Waals surface area contributed by atoms with Crippen molar-refractivity contribution in [2.45, 2.75) is 143 Å². The molecule has 0 radical (unpaired) electrons. The summed E-state index contributed by atoms with van der Waals surface area (Å²) in [4.78, 5) is 33.6. The largest absolute Gasteiger partial charge is 0.462 e. The van der Waals surface area contributed by atoms with Gasteiger partial charge in [0, 0.05) is 48.4 Å². The van der Waals surface area contributed by atoms with Crippen molar-refractivity contribution in [3.63, 3.8) is 0 Å². The van der Waals surface area contributed by atoms with Crippen molar-refractivity contribution in [2.75, 3.05) is 0 Å². The first kappa shape index (κ1) is 59.6. The van der Waals surface area contributed by atoms with Crippen LogP contribution in [0.15, 0.2) is 146 Å². The van der Waals surface area contributed by atoms with E-state index in [1.165, 1.54) is 5.56 Å². The van der Waals surface area contributed by atoms with Gasteiger partial charge in [0.2, 0.25) is 11.8 Å². The molecule has 4 unspecified atom stereocenters. The molecule has 72 heavy (non-hydrogen) atoms. The second-order valence-corrected chi connectivity index (χ2v) is 17.9. The Labute approximate surface area is 422 Å². The molecule has 0 saturated carbocycles. The van der Waals surface area contributed by atoms with Gasteiger partial charge in [-0.2, -0.15) is 26.3 Å². The monoisotopic (exact) mass is 1000 g/mol. The number of ether oxygens (including phenoxy) is 2. The number of benzene rings is 4. The molecule has 0 bridgehead atoms. The lowest BCUT2D eigenvalue weighted by molar-refractivity contribution is -0.139. The number of aryl methyl sites for hydroxylation is 2. The van der Waals surface area contributed by atoms with Crippen LogP contribution in [-0.4, -0.2) is 45.1 Å². The van der Waals surface area contributed by atoms with E-state index < -0.39 is 34.7 Å². The topological polar surface area (TPSA) is 102 Å². The smallest absolute Gasteiger partial charge is 0.417 e. The molecule has 4 atom stereocenters. The molecule has 0 aliphatic heterocycles. The van der Waals surface area contributed by atoms with Crippen molar-refractivity contribution in [1.29, 1.82) is 0 Å². The first-order valence-corrected chi connectivity index (χ1v) is 24.2. The fraction of sp³-hybridized carbons (Fsp3) is 0.379. The maximum absolute atomic E-state index is 13.2. The average Bonchev–Trinajstić information content (AvgIpc) is 3.34. The van der Waals surface area contributed by atoms with Gasteiger partial charge in [0.05, 0.1) is 11.1 Å². The standard InChI is InChI=1S/C28H31F3N2O2.C26H27F3N2O2.2C2H6/c1-18-9-11-21(12-10-18)16-24(22-8-6-7-19(2)15-22)20(3)33-26(34)27(4,5)35-25-14-13-23(17-32-25)28(29,30)31;1-18(22(20-12-8-5-9-13-20)16-19-10-6-4-7-11-19)31-24(32)25(2,3)33-23-15-14-21(17-30-23)26(27,28)29;2*1-2/h6-15,17,20,24H,16H2,1-5H3,(H,33,34);4-15,17-18,22H,16H2,1-3H3,(H,31,32);2*1-2H3. The Morgan fingerprint density at radius 2 is 0.889 bits per heavy atom. The van der Waals surface area contributed by atoms with Crippen LogP contribution >= 0.6 is 0 Å². The van der Waals surface area contributed by atoms with E-state index >= 15 is 0 Å². The minimum atomic E-state index is -4.49. The number of rotatable bonds is 16. The summed E-state index contributed by atoms with van der Waals surface area (Å²) in [5.74, 6) is -0.863. The van der Waals surface area contributed by atoms with Gasteiger partial charge < -0.3 is 20.1 Å². The second kappa shape index (κ2) is 27.2. The number of hydrogen-bond acceptors (Lipinski definition) is 6. The molecule has 4 aromatic carbocycles. The van der Waals surface area contributed by atoms with E-state index in [4.69, 9.17) is 9.47 Å². The third-order valence-electron chi connectivity index (χ3n) is 11.4. The van der Waals surface area contributed by atoms with E-state index in [1.54, 1.807) is 27.7 Å². The number of aromatic nitrogens is 2. The lowest BCUT2D eigenvalue weighted by Crippen LogP contribution is -2.51. The van der Waals surface area contributed by atoms with Crippen LogP contribution in [0.5, 0.6) is 11.8 Å². The Hall–Kier alpha value is -6.70. The van der Waals surface area contributed by atoms with Crippen LogP contribution in [0.3, 0.4) is 0 Å². The molecule has 0 spiro atoms. The van der Waals surface area contributed by atoms with Crippen molar-refractivity contribution in [3.05, 3.63) is 190 Å². The molecule has 2 N–H and O–H groups in total. The highest BCUT2D eigenvalue weighted by molar-refractivity contribution is 5.85. The molecule has 0 saturated heterocycles. The zero-order chi connectivity index (χ0) is 53.9. The highest BCUT2D eigenvalue weighted by atomic mass is 19.4. The summed E-state index contributed by atoms with van der Waals surface area (Å²) >= 11 is 0. The molecule has 0 aliphatic rings. The molecule has 6 rings (SSSR count). The summed E-state index contributed by atoms with van der Waals surface area (Å²) in [6.07, 6.45) is -6.13. The van der Waals surface area contributed by atoms with Gasteiger partial charge in [-0.15, -0.1) is 0 Å². The molecule has 388 valence electrons. The van der Waals surface area contributed by atoms with E-state index in [0.29, 0.717) is 12.4 Å². The Morgan fingerprint density at radius 1 is 0.500 bits per heavy atom. The van der Waals surface area contributed by atoms with Gasteiger partial charge in [-0.3, -0.25) is 9.59 Å². The number of pyridine rings is 2. The Kier molecular flexibility index (Phi) is 22.5. The summed E-state index contributed by atoms with van der Waals surface area (Å²) in [5, 5.41) is 6.08. The number of nitrogens with one attached hydrogen (secondary N) is 2. The molecule has 0 fully saturated rings. The van der Waals surface area contributed by atoms with Gasteiger partial charge in [-0.25, -0.2) is 9.97 Å². The van der Waals surface area contributed by atoms with E-state index in [2.05, 4.69) is 57.0 Å². The zero-order valence-electron chi connectivity index (χ0n) is 43.4. The van der Waals surface area contributed by atoms with Crippen molar-refractivity contribution in [1.82, 2.24) is 20.6 Å². The number of halogens is 6. The van der Waals surface area contributed by atoms with Crippen LogP contribution in [0.1, 0.15) is 126 Å². The number of amides is 2. The first-order valence-electron chi connectivity index (χ1n) is 24.2. The molecule has 6 aromatic rings. The first-order chi connectivity index (χ1) is 33.9. The quantitative estimate of drug-likeness (QED) is 0.0937. The summed E-state index contributed by atoms with van der Waals surface area (Å²) in [7, 11) is 0. The second-order valence-electron chi connectivity index (χ2n) is 17.9. The normalized spacial score (nSPS) is 13.1. The number of alkyl halides is 6. The van der Waals surface area contributed by atoms with Gasteiger partial charge >= 0.3 is 12.4 Å². The fourth-order valence-electron chi connectivity index (χ4n) is 7.41. The molecule has 14 heteroatoms. The Bertz CT molecular complexity index is 2530. The van der Waals surface area contributed by atoms with E-state index in [1.807, 2.05) is 128 Å². The Balaban J connectivity index is 0.000000356. The van der Waals surface area contributed by atoms with Gasteiger partial charge in [0.1, 0.15) is 0 Å². The number of carbonyl (C=O) groups is 2. The van der Waals surface area contributed by atoms with Crippen LogP contribution in [0.4, 0.5) is 26.3 Å². The third-order valence-corrected chi connectivity index (χ3v) is 11.4. The summed E-state index contributed by atoms with van der Waals surface area (Å²) in [6, 6.07) is 40.0. The predicted molar refractivity (Wildman–Crippen MR) is 274 cm³/mol. The van der Waals surface area contributed by atoms with Crippen LogP contribution in [0.25, 0.3) is 0 Å².